The Morgan fingerprint density at radius 1 is 1.71 bits per heavy atom. The summed E-state index contributed by atoms with van der Waals surface area (Å²) in [5.74, 6) is -0.254. The maximum absolute atomic E-state index is 11.8. The first-order valence-electron chi connectivity index (χ1n) is 5.25. The van der Waals surface area contributed by atoms with Crippen molar-refractivity contribution < 1.29 is 9.53 Å². The molecule has 1 aromatic heterocycles. The number of ether oxygens (including phenoxy) is 1. The Morgan fingerprint density at radius 2 is 2.41 bits per heavy atom. The Balaban J connectivity index is 2.61. The van der Waals surface area contributed by atoms with Crippen LogP contribution in [-0.4, -0.2) is 30.1 Å². The van der Waals surface area contributed by atoms with Crippen LogP contribution in [0.2, 0.25) is 5.15 Å². The van der Waals surface area contributed by atoms with Gasteiger partial charge in [-0.3, -0.25) is 4.79 Å². The van der Waals surface area contributed by atoms with Gasteiger partial charge in [-0.25, -0.2) is 4.98 Å². The Bertz CT molecular complexity index is 401. The zero-order chi connectivity index (χ0) is 12.8. The molecule has 4 nitrogen and oxygen atoms in total. The molecule has 0 aromatic carbocycles. The maximum atomic E-state index is 11.8. The number of carbonyl (C=O) groups excluding carboxylic acids is 1. The monoisotopic (exact) mass is 320 g/mol. The highest BCUT2D eigenvalue weighted by atomic mass is 79.9. The first-order chi connectivity index (χ1) is 8.04. The topological polar surface area (TPSA) is 51.2 Å². The molecule has 1 rings (SSSR count). The van der Waals surface area contributed by atoms with E-state index in [0.29, 0.717) is 23.2 Å². The van der Waals surface area contributed by atoms with Gasteiger partial charge in [0.25, 0.3) is 5.91 Å². The minimum absolute atomic E-state index is 0.0252. The first kappa shape index (κ1) is 14.4. The van der Waals surface area contributed by atoms with Crippen molar-refractivity contribution in [3.63, 3.8) is 0 Å². The van der Waals surface area contributed by atoms with Crippen molar-refractivity contribution in [3.05, 3.63) is 27.5 Å². The van der Waals surface area contributed by atoms with Crippen LogP contribution in [-0.2, 0) is 4.74 Å². The fraction of sp³-hybridized carbons (Fsp3) is 0.455. The quantitative estimate of drug-likeness (QED) is 0.848. The smallest absolute Gasteiger partial charge is 0.254 e. The van der Waals surface area contributed by atoms with E-state index in [0.717, 1.165) is 0 Å². The zero-order valence-electron chi connectivity index (χ0n) is 9.67. The summed E-state index contributed by atoms with van der Waals surface area (Å²) in [6.07, 6.45) is 1.52. The number of hydrogen-bond donors (Lipinski definition) is 1. The Labute approximate surface area is 114 Å². The molecule has 0 fully saturated rings. The Morgan fingerprint density at radius 3 is 3.06 bits per heavy atom. The van der Waals surface area contributed by atoms with Crippen LogP contribution < -0.4 is 5.32 Å². The van der Waals surface area contributed by atoms with Crippen molar-refractivity contribution in [2.45, 2.75) is 20.0 Å². The lowest BCUT2D eigenvalue weighted by atomic mass is 10.2. The molecule has 0 saturated carbocycles. The van der Waals surface area contributed by atoms with E-state index in [1.807, 2.05) is 13.8 Å². The van der Waals surface area contributed by atoms with Crippen molar-refractivity contribution in [3.8, 4) is 0 Å². The molecule has 0 aliphatic carbocycles. The number of nitrogens with one attached hydrogen (secondary N) is 1. The van der Waals surface area contributed by atoms with Crippen LogP contribution in [0.5, 0.6) is 0 Å². The van der Waals surface area contributed by atoms with Crippen molar-refractivity contribution in [1.29, 1.82) is 0 Å². The molecule has 0 bridgehead atoms. The van der Waals surface area contributed by atoms with Gasteiger partial charge >= 0.3 is 0 Å². The van der Waals surface area contributed by atoms with Crippen LogP contribution in [0.15, 0.2) is 16.7 Å². The number of aromatic nitrogens is 1. The molecule has 94 valence electrons. The number of amides is 1. The minimum Gasteiger partial charge on any atom is -0.377 e. The van der Waals surface area contributed by atoms with Crippen molar-refractivity contribution in [1.82, 2.24) is 10.3 Å². The summed E-state index contributed by atoms with van der Waals surface area (Å²) in [6.45, 7) is 4.86. The molecule has 0 radical (unpaired) electrons. The standard InChI is InChI=1S/C11H14BrClN2O2/c1-3-17-7(2)5-15-11(16)9-4-8(12)6-14-10(9)13/h4,6-7H,3,5H2,1-2H3,(H,15,16). The predicted molar refractivity (Wildman–Crippen MR) is 70.4 cm³/mol. The maximum Gasteiger partial charge on any atom is 0.254 e. The molecular formula is C11H14BrClN2O2. The second-order valence-electron chi connectivity index (χ2n) is 3.47. The first-order valence-corrected chi connectivity index (χ1v) is 6.42. The second-order valence-corrected chi connectivity index (χ2v) is 4.74. The Hall–Kier alpha value is -0.650. The van der Waals surface area contributed by atoms with E-state index in [4.69, 9.17) is 16.3 Å². The van der Waals surface area contributed by atoms with Gasteiger partial charge in [0.05, 0.1) is 11.7 Å². The highest BCUT2D eigenvalue weighted by molar-refractivity contribution is 9.10. The van der Waals surface area contributed by atoms with E-state index in [-0.39, 0.29) is 17.2 Å². The molecule has 0 aliphatic heterocycles. The number of pyridine rings is 1. The van der Waals surface area contributed by atoms with Gasteiger partial charge in [-0.1, -0.05) is 11.6 Å². The van der Waals surface area contributed by atoms with E-state index < -0.39 is 0 Å². The molecule has 6 heteroatoms. The lowest BCUT2D eigenvalue weighted by Gasteiger charge is -2.12. The van der Waals surface area contributed by atoms with Crippen LogP contribution in [0.3, 0.4) is 0 Å². The molecular weight excluding hydrogens is 307 g/mol. The van der Waals surface area contributed by atoms with E-state index in [1.165, 1.54) is 0 Å². The largest absolute Gasteiger partial charge is 0.377 e. The molecule has 0 spiro atoms. The molecule has 1 atom stereocenters. The average Bonchev–Trinajstić information content (AvgIpc) is 2.29. The van der Waals surface area contributed by atoms with Gasteiger partial charge in [0.15, 0.2) is 0 Å². The minimum atomic E-state index is -0.254. The molecule has 1 aromatic rings. The van der Waals surface area contributed by atoms with Crippen LogP contribution >= 0.6 is 27.5 Å². The zero-order valence-corrected chi connectivity index (χ0v) is 12.0. The lowest BCUT2D eigenvalue weighted by Crippen LogP contribution is -2.32. The third-order valence-corrected chi connectivity index (χ3v) is 2.79. The average molecular weight is 322 g/mol. The second kappa shape index (κ2) is 6.93. The highest BCUT2D eigenvalue weighted by Gasteiger charge is 2.12. The summed E-state index contributed by atoms with van der Waals surface area (Å²) in [4.78, 5) is 15.7. The number of rotatable bonds is 5. The van der Waals surface area contributed by atoms with Gasteiger partial charge in [0, 0.05) is 23.8 Å². The van der Waals surface area contributed by atoms with Crippen molar-refractivity contribution >= 4 is 33.4 Å². The van der Waals surface area contributed by atoms with Crippen molar-refractivity contribution in [2.75, 3.05) is 13.2 Å². The normalized spacial score (nSPS) is 12.2. The van der Waals surface area contributed by atoms with E-state index in [1.54, 1.807) is 12.3 Å². The highest BCUT2D eigenvalue weighted by Crippen LogP contribution is 2.17. The van der Waals surface area contributed by atoms with Gasteiger partial charge in [-0.15, -0.1) is 0 Å². The lowest BCUT2D eigenvalue weighted by molar-refractivity contribution is 0.0695. The summed E-state index contributed by atoms with van der Waals surface area (Å²) < 4.78 is 6.02. The summed E-state index contributed by atoms with van der Waals surface area (Å²) in [5.41, 5.74) is 0.352. The summed E-state index contributed by atoms with van der Waals surface area (Å²) >= 11 is 9.09. The molecule has 0 aliphatic rings. The number of halogens is 2. The van der Waals surface area contributed by atoms with Gasteiger partial charge in [0.2, 0.25) is 0 Å². The van der Waals surface area contributed by atoms with E-state index in [2.05, 4.69) is 26.2 Å². The third kappa shape index (κ3) is 4.61. The molecule has 1 N–H and O–H groups in total. The number of hydrogen-bond acceptors (Lipinski definition) is 3. The van der Waals surface area contributed by atoms with Gasteiger partial charge in [0.1, 0.15) is 5.15 Å². The number of nitrogens with zero attached hydrogens (tertiary/aromatic N) is 1. The number of carbonyl (C=O) groups is 1. The SMILES string of the molecule is CCOC(C)CNC(=O)c1cc(Br)cnc1Cl. The molecule has 0 saturated heterocycles. The summed E-state index contributed by atoms with van der Waals surface area (Å²) in [5, 5.41) is 2.93. The third-order valence-electron chi connectivity index (χ3n) is 2.05. The van der Waals surface area contributed by atoms with Crippen molar-refractivity contribution in [2.24, 2.45) is 0 Å². The summed E-state index contributed by atoms with van der Waals surface area (Å²) in [6, 6.07) is 1.63. The Kier molecular flexibility index (Phi) is 5.88. The molecule has 17 heavy (non-hydrogen) atoms. The van der Waals surface area contributed by atoms with Crippen LogP contribution in [0.4, 0.5) is 0 Å². The van der Waals surface area contributed by atoms with E-state index >= 15 is 0 Å². The fourth-order valence-electron chi connectivity index (χ4n) is 1.26. The summed E-state index contributed by atoms with van der Waals surface area (Å²) in [7, 11) is 0. The van der Waals surface area contributed by atoms with Gasteiger partial charge in [-0.05, 0) is 35.8 Å². The molecule has 1 heterocycles. The van der Waals surface area contributed by atoms with E-state index in [9.17, 15) is 4.79 Å². The van der Waals surface area contributed by atoms with Crippen LogP contribution in [0, 0.1) is 0 Å². The van der Waals surface area contributed by atoms with Crippen LogP contribution in [0.1, 0.15) is 24.2 Å². The molecule has 1 amide bonds. The predicted octanol–water partition coefficient (Wildman–Crippen LogP) is 2.65. The molecule has 1 unspecified atom stereocenters. The van der Waals surface area contributed by atoms with Gasteiger partial charge < -0.3 is 10.1 Å². The fourth-order valence-corrected chi connectivity index (χ4v) is 1.78. The van der Waals surface area contributed by atoms with Gasteiger partial charge in [-0.2, -0.15) is 0 Å². The van der Waals surface area contributed by atoms with Crippen LogP contribution in [0.25, 0.3) is 0 Å².